The van der Waals surface area contributed by atoms with Crippen molar-refractivity contribution < 1.29 is 37.6 Å². The number of rotatable bonds is 48. The molecule has 0 saturated heterocycles. The van der Waals surface area contributed by atoms with E-state index in [-0.39, 0.29) is 26.1 Å². The molecule has 0 saturated carbocycles. The number of allylic oxidation sites excluding steroid dienone is 8. The van der Waals surface area contributed by atoms with Crippen molar-refractivity contribution in [1.29, 1.82) is 0 Å². The Morgan fingerprint density at radius 2 is 0.871 bits per heavy atom. The van der Waals surface area contributed by atoms with E-state index in [1.807, 2.05) is 0 Å². The van der Waals surface area contributed by atoms with Gasteiger partial charge < -0.3 is 19.7 Å². The quantitative estimate of drug-likeness (QED) is 0.0266. The van der Waals surface area contributed by atoms with Gasteiger partial charge in [-0.05, 0) is 64.8 Å². The average molecular weight is 894 g/mol. The zero-order valence-corrected chi connectivity index (χ0v) is 41.2. The van der Waals surface area contributed by atoms with Crippen molar-refractivity contribution in [3.63, 3.8) is 0 Å². The van der Waals surface area contributed by atoms with Crippen molar-refractivity contribution in [3.05, 3.63) is 48.6 Å². The zero-order chi connectivity index (χ0) is 45.3. The lowest BCUT2D eigenvalue weighted by atomic mass is 10.0. The van der Waals surface area contributed by atoms with E-state index < -0.39 is 32.5 Å². The van der Waals surface area contributed by atoms with Crippen LogP contribution in [0.4, 0.5) is 0 Å². The minimum atomic E-state index is -4.36. The Hall–Kier alpha value is -2.03. The number of hydrogen-bond acceptors (Lipinski definition) is 8. The van der Waals surface area contributed by atoms with Gasteiger partial charge in [0, 0.05) is 19.4 Å². The third-order valence-electron chi connectivity index (χ3n) is 11.0. The summed E-state index contributed by atoms with van der Waals surface area (Å²) in [6.45, 7) is 4.19. The molecule has 2 unspecified atom stereocenters. The molecule has 0 spiro atoms. The first-order valence-corrected chi connectivity index (χ1v) is 27.1. The highest BCUT2D eigenvalue weighted by Crippen LogP contribution is 2.43. The van der Waals surface area contributed by atoms with Crippen LogP contribution in [-0.2, 0) is 32.7 Å². The average Bonchev–Trinajstić information content (AvgIpc) is 3.26. The Morgan fingerprint density at radius 3 is 1.32 bits per heavy atom. The number of carbonyl (C=O) groups excluding carboxylic acids is 2. The Kier molecular flexibility index (Phi) is 46.8. The first-order chi connectivity index (χ1) is 30.3. The molecule has 2 N–H and O–H groups in total. The molecule has 9 nitrogen and oxygen atoms in total. The molecule has 0 aliphatic carbocycles. The fraction of sp³-hybridized carbons (Fsp3) is 0.808. The maximum Gasteiger partial charge on any atom is 0.472 e. The first-order valence-electron chi connectivity index (χ1n) is 25.6. The molecule has 0 radical (unpaired) electrons. The largest absolute Gasteiger partial charge is 0.472 e. The van der Waals surface area contributed by atoms with E-state index in [0.717, 1.165) is 51.4 Å². The second-order valence-electron chi connectivity index (χ2n) is 17.0. The molecule has 0 heterocycles. The number of carbonyl (C=O) groups is 2. The van der Waals surface area contributed by atoms with E-state index >= 15 is 0 Å². The molecule has 0 aliphatic heterocycles. The third-order valence-corrected chi connectivity index (χ3v) is 11.9. The predicted molar refractivity (Wildman–Crippen MR) is 261 cm³/mol. The maximum atomic E-state index is 12.7. The molecule has 0 aromatic rings. The van der Waals surface area contributed by atoms with Gasteiger partial charge in [-0.1, -0.05) is 210 Å². The van der Waals surface area contributed by atoms with Crippen LogP contribution in [0, 0.1) is 0 Å². The Labute approximate surface area is 381 Å². The van der Waals surface area contributed by atoms with Crippen LogP contribution in [0.3, 0.4) is 0 Å². The maximum absolute atomic E-state index is 12.7. The number of ether oxygens (including phenoxy) is 2. The van der Waals surface area contributed by atoms with Crippen molar-refractivity contribution in [2.75, 3.05) is 33.4 Å². The van der Waals surface area contributed by atoms with Crippen LogP contribution < -0.4 is 5.32 Å². The van der Waals surface area contributed by atoms with Gasteiger partial charge in [-0.3, -0.25) is 18.6 Å². The van der Waals surface area contributed by atoms with Crippen molar-refractivity contribution in [1.82, 2.24) is 5.32 Å². The number of phosphoric ester groups is 1. The monoisotopic (exact) mass is 894 g/mol. The first kappa shape index (κ1) is 60.0. The minimum Gasteiger partial charge on any atom is -0.462 e. The summed E-state index contributed by atoms with van der Waals surface area (Å²) in [6.07, 6.45) is 55.9. The van der Waals surface area contributed by atoms with Gasteiger partial charge in [-0.15, -0.1) is 0 Å². The second-order valence-corrected chi connectivity index (χ2v) is 18.5. The number of likely N-dealkylation sites (N-methyl/N-ethyl adjacent to an activating group) is 1. The van der Waals surface area contributed by atoms with E-state index in [1.165, 1.54) is 141 Å². The molecule has 0 fully saturated rings. The van der Waals surface area contributed by atoms with Crippen molar-refractivity contribution >= 4 is 19.8 Å². The Balaban J connectivity index is 4.16. The molecule has 0 aromatic carbocycles. The zero-order valence-electron chi connectivity index (χ0n) is 40.3. The summed E-state index contributed by atoms with van der Waals surface area (Å²) in [5.41, 5.74) is 0. The fourth-order valence-electron chi connectivity index (χ4n) is 7.07. The van der Waals surface area contributed by atoms with Crippen molar-refractivity contribution in [2.24, 2.45) is 0 Å². The number of nitrogens with one attached hydrogen (secondary N) is 1. The van der Waals surface area contributed by atoms with Gasteiger partial charge in [0.2, 0.25) is 0 Å². The highest BCUT2D eigenvalue weighted by atomic mass is 31.2. The van der Waals surface area contributed by atoms with E-state index in [9.17, 15) is 19.0 Å². The smallest absolute Gasteiger partial charge is 0.462 e. The van der Waals surface area contributed by atoms with Crippen LogP contribution in [0.15, 0.2) is 48.6 Å². The lowest BCUT2D eigenvalue weighted by Crippen LogP contribution is -2.29. The lowest BCUT2D eigenvalue weighted by Gasteiger charge is -2.20. The van der Waals surface area contributed by atoms with E-state index in [0.29, 0.717) is 19.4 Å². The van der Waals surface area contributed by atoms with Crippen LogP contribution in [0.2, 0.25) is 0 Å². The fourth-order valence-corrected chi connectivity index (χ4v) is 7.82. The van der Waals surface area contributed by atoms with Gasteiger partial charge in [0.1, 0.15) is 6.61 Å². The Bertz CT molecular complexity index is 1160. The van der Waals surface area contributed by atoms with Crippen LogP contribution in [-0.4, -0.2) is 56.3 Å². The van der Waals surface area contributed by atoms with Gasteiger partial charge >= 0.3 is 19.8 Å². The molecule has 0 bridgehead atoms. The van der Waals surface area contributed by atoms with Crippen LogP contribution in [0.5, 0.6) is 0 Å². The number of esters is 2. The van der Waals surface area contributed by atoms with Gasteiger partial charge in [0.05, 0.1) is 13.2 Å². The minimum absolute atomic E-state index is 0.0222. The van der Waals surface area contributed by atoms with E-state index in [2.05, 4.69) is 67.8 Å². The third kappa shape index (κ3) is 47.4. The molecule has 2 atom stereocenters. The molecular formula is C52H96NO8P. The summed E-state index contributed by atoms with van der Waals surface area (Å²) >= 11 is 0. The SMILES string of the molecule is CCCCC/C=C\C/C=C\C/C=C\C/C=C\CCCCCC(=O)OCC(COP(=O)(O)OCCNC)OC(=O)CCCCCCCCCCCCCCCCCCCCCCC. The molecular weight excluding hydrogens is 798 g/mol. The number of unbranched alkanes of at least 4 members (excludes halogenated alkanes) is 26. The summed E-state index contributed by atoms with van der Waals surface area (Å²) in [7, 11) is -2.66. The van der Waals surface area contributed by atoms with Gasteiger partial charge in [0.25, 0.3) is 0 Å². The molecule has 0 aromatic heterocycles. The highest BCUT2D eigenvalue weighted by Gasteiger charge is 2.26. The van der Waals surface area contributed by atoms with E-state index in [1.54, 1.807) is 7.05 Å². The van der Waals surface area contributed by atoms with Crippen LogP contribution >= 0.6 is 7.82 Å². The topological polar surface area (TPSA) is 120 Å². The van der Waals surface area contributed by atoms with Crippen molar-refractivity contribution in [3.8, 4) is 0 Å². The predicted octanol–water partition coefficient (Wildman–Crippen LogP) is 15.3. The summed E-state index contributed by atoms with van der Waals surface area (Å²) in [6, 6.07) is 0. The van der Waals surface area contributed by atoms with E-state index in [4.69, 9.17) is 18.5 Å². The molecule has 62 heavy (non-hydrogen) atoms. The summed E-state index contributed by atoms with van der Waals surface area (Å²) in [5.74, 6) is -0.834. The lowest BCUT2D eigenvalue weighted by molar-refractivity contribution is -0.161. The van der Waals surface area contributed by atoms with Gasteiger partial charge in [0.15, 0.2) is 6.10 Å². The summed E-state index contributed by atoms with van der Waals surface area (Å²) < 4.78 is 33.3. The van der Waals surface area contributed by atoms with Gasteiger partial charge in [-0.2, -0.15) is 0 Å². The van der Waals surface area contributed by atoms with Crippen LogP contribution in [0.1, 0.15) is 232 Å². The van der Waals surface area contributed by atoms with Crippen LogP contribution in [0.25, 0.3) is 0 Å². The molecule has 0 rings (SSSR count). The molecule has 362 valence electrons. The molecule has 0 aliphatic rings. The van der Waals surface area contributed by atoms with Crippen molar-refractivity contribution in [2.45, 2.75) is 238 Å². The standard InChI is InChI=1S/C52H96NO8P/c1-4-6-8-10-12-14-16-18-20-22-24-25-27-29-31-33-35-37-39-41-43-45-52(55)61-50(49-60-62(56,57)59-47-46-53-3)48-58-51(54)44-42-40-38-36-34-32-30-28-26-23-21-19-17-15-13-11-9-7-5-2/h13,15,19,21,26,28,32,34,50,53H,4-12,14,16-18,20,22-25,27,29-31,33,35-49H2,1-3H3,(H,56,57)/b15-13-,21-19-,28-26-,34-32-. The number of hydrogen-bond donors (Lipinski definition) is 2. The summed E-state index contributed by atoms with van der Waals surface area (Å²) in [5, 5.41) is 2.83. The Morgan fingerprint density at radius 1 is 0.500 bits per heavy atom. The number of phosphoric acid groups is 1. The van der Waals surface area contributed by atoms with Gasteiger partial charge in [-0.25, -0.2) is 4.57 Å². The second kappa shape index (κ2) is 48.4. The normalized spacial score (nSPS) is 13.5. The highest BCUT2D eigenvalue weighted by molar-refractivity contribution is 7.47. The molecule has 10 heteroatoms. The molecule has 0 amide bonds. The summed E-state index contributed by atoms with van der Waals surface area (Å²) in [4.78, 5) is 35.2.